The maximum atomic E-state index is 13.9. The third kappa shape index (κ3) is 3.63. The number of anilines is 1. The summed E-state index contributed by atoms with van der Waals surface area (Å²) in [7, 11) is 0. The Labute approximate surface area is 155 Å². The van der Waals surface area contributed by atoms with Gasteiger partial charge in [-0.2, -0.15) is 0 Å². The molecular formula is C20H20F3N3O. The predicted octanol–water partition coefficient (Wildman–Crippen LogP) is 3.52. The van der Waals surface area contributed by atoms with Crippen LogP contribution in [0.1, 0.15) is 24.8 Å². The van der Waals surface area contributed by atoms with E-state index in [0.29, 0.717) is 37.4 Å². The highest BCUT2D eigenvalue weighted by Gasteiger charge is 2.45. The monoisotopic (exact) mass is 375 g/mol. The van der Waals surface area contributed by atoms with Crippen molar-refractivity contribution < 1.29 is 18.0 Å². The number of benzene rings is 1. The lowest BCUT2D eigenvalue weighted by molar-refractivity contribution is -0.128. The standard InChI is InChI=1S/C20H20F3N3O/c21-15-8-14(9-16(22)10-15)12-26-13-20(11-18(26)27)3-6-25(7-4-20)19-17(23)2-1-5-24-19/h1-2,5,8-10H,3-4,6-7,11-13H2. The minimum Gasteiger partial charge on any atom is -0.354 e. The number of pyridine rings is 1. The Morgan fingerprint density at radius 2 is 1.78 bits per heavy atom. The Hall–Kier alpha value is -2.57. The average molecular weight is 375 g/mol. The molecule has 0 atom stereocenters. The molecule has 0 aliphatic carbocycles. The van der Waals surface area contributed by atoms with E-state index in [1.807, 2.05) is 4.90 Å². The number of amides is 1. The molecule has 7 heteroatoms. The Morgan fingerprint density at radius 3 is 2.44 bits per heavy atom. The number of piperidine rings is 1. The summed E-state index contributed by atoms with van der Waals surface area (Å²) in [6.07, 6.45) is 3.50. The van der Waals surface area contributed by atoms with Gasteiger partial charge in [-0.15, -0.1) is 0 Å². The molecule has 4 nitrogen and oxygen atoms in total. The first-order valence-electron chi connectivity index (χ1n) is 9.02. The SMILES string of the molecule is O=C1CC2(CCN(c3ncccc3F)CC2)CN1Cc1cc(F)cc(F)c1. The van der Waals surface area contributed by atoms with E-state index in [0.717, 1.165) is 18.9 Å². The fourth-order valence-corrected chi connectivity index (χ4v) is 4.19. The molecule has 0 N–H and O–H groups in total. The molecule has 0 unspecified atom stereocenters. The first kappa shape index (κ1) is 17.8. The van der Waals surface area contributed by atoms with E-state index < -0.39 is 11.6 Å². The van der Waals surface area contributed by atoms with Crippen molar-refractivity contribution in [2.45, 2.75) is 25.8 Å². The van der Waals surface area contributed by atoms with Crippen LogP contribution in [0.3, 0.4) is 0 Å². The molecule has 3 heterocycles. The maximum Gasteiger partial charge on any atom is 0.223 e. The van der Waals surface area contributed by atoms with Crippen molar-refractivity contribution in [2.24, 2.45) is 5.41 Å². The Balaban J connectivity index is 1.42. The van der Waals surface area contributed by atoms with Crippen molar-refractivity contribution >= 4 is 11.7 Å². The van der Waals surface area contributed by atoms with Crippen LogP contribution in [0.25, 0.3) is 0 Å². The zero-order valence-corrected chi connectivity index (χ0v) is 14.8. The first-order chi connectivity index (χ1) is 12.9. The number of carbonyl (C=O) groups excluding carboxylic acids is 1. The van der Waals surface area contributed by atoms with E-state index >= 15 is 0 Å². The van der Waals surface area contributed by atoms with Crippen LogP contribution in [0.2, 0.25) is 0 Å². The predicted molar refractivity (Wildman–Crippen MR) is 94.5 cm³/mol. The Bertz CT molecular complexity index is 845. The summed E-state index contributed by atoms with van der Waals surface area (Å²) < 4.78 is 40.7. The number of nitrogens with zero attached hydrogens (tertiary/aromatic N) is 3. The highest BCUT2D eigenvalue weighted by atomic mass is 19.1. The second-order valence-corrected chi connectivity index (χ2v) is 7.50. The summed E-state index contributed by atoms with van der Waals surface area (Å²) in [5.74, 6) is -1.28. The molecule has 1 amide bonds. The lowest BCUT2D eigenvalue weighted by Gasteiger charge is -2.39. The van der Waals surface area contributed by atoms with Crippen LogP contribution in [0.4, 0.5) is 19.0 Å². The molecule has 0 saturated carbocycles. The fraction of sp³-hybridized carbons (Fsp3) is 0.400. The van der Waals surface area contributed by atoms with Gasteiger partial charge in [0, 0.05) is 50.3 Å². The molecular weight excluding hydrogens is 355 g/mol. The van der Waals surface area contributed by atoms with Crippen LogP contribution in [0.15, 0.2) is 36.5 Å². The van der Waals surface area contributed by atoms with E-state index in [1.54, 1.807) is 17.2 Å². The lowest BCUT2D eigenvalue weighted by Crippen LogP contribution is -2.42. The number of carbonyl (C=O) groups is 1. The van der Waals surface area contributed by atoms with Gasteiger partial charge in [-0.05, 0) is 42.7 Å². The minimum absolute atomic E-state index is 0.00265. The van der Waals surface area contributed by atoms with Crippen LogP contribution >= 0.6 is 0 Å². The van der Waals surface area contributed by atoms with Crippen molar-refractivity contribution in [3.8, 4) is 0 Å². The Kier molecular flexibility index (Phi) is 4.53. The number of likely N-dealkylation sites (tertiary alicyclic amines) is 1. The van der Waals surface area contributed by atoms with Gasteiger partial charge in [-0.3, -0.25) is 4.79 Å². The zero-order chi connectivity index (χ0) is 19.0. The Morgan fingerprint density at radius 1 is 1.07 bits per heavy atom. The van der Waals surface area contributed by atoms with E-state index in [9.17, 15) is 18.0 Å². The minimum atomic E-state index is -0.642. The van der Waals surface area contributed by atoms with E-state index in [-0.39, 0.29) is 23.7 Å². The molecule has 0 radical (unpaired) electrons. The van der Waals surface area contributed by atoms with Crippen molar-refractivity contribution in [1.29, 1.82) is 0 Å². The molecule has 4 rings (SSSR count). The van der Waals surface area contributed by atoms with Crippen molar-refractivity contribution in [3.63, 3.8) is 0 Å². The van der Waals surface area contributed by atoms with Gasteiger partial charge in [0.2, 0.25) is 5.91 Å². The van der Waals surface area contributed by atoms with Gasteiger partial charge in [0.05, 0.1) is 0 Å². The molecule has 27 heavy (non-hydrogen) atoms. The molecule has 142 valence electrons. The molecule has 1 aromatic carbocycles. The van der Waals surface area contributed by atoms with Crippen LogP contribution in [0, 0.1) is 22.9 Å². The quantitative estimate of drug-likeness (QED) is 0.824. The van der Waals surface area contributed by atoms with Crippen molar-refractivity contribution in [1.82, 2.24) is 9.88 Å². The van der Waals surface area contributed by atoms with Crippen LogP contribution in [-0.4, -0.2) is 35.4 Å². The molecule has 1 aromatic heterocycles. The second-order valence-electron chi connectivity index (χ2n) is 7.50. The fourth-order valence-electron chi connectivity index (χ4n) is 4.19. The average Bonchev–Trinajstić information content (AvgIpc) is 2.90. The highest BCUT2D eigenvalue weighted by Crippen LogP contribution is 2.42. The van der Waals surface area contributed by atoms with Gasteiger partial charge in [-0.25, -0.2) is 18.2 Å². The van der Waals surface area contributed by atoms with E-state index in [4.69, 9.17) is 0 Å². The largest absolute Gasteiger partial charge is 0.354 e. The van der Waals surface area contributed by atoms with Gasteiger partial charge >= 0.3 is 0 Å². The third-order valence-electron chi connectivity index (χ3n) is 5.56. The molecule has 2 saturated heterocycles. The third-order valence-corrected chi connectivity index (χ3v) is 5.56. The highest BCUT2D eigenvalue weighted by molar-refractivity contribution is 5.79. The second kappa shape index (κ2) is 6.87. The van der Waals surface area contributed by atoms with E-state index in [1.165, 1.54) is 18.2 Å². The summed E-state index contributed by atoms with van der Waals surface area (Å²) in [5.41, 5.74) is 0.288. The number of rotatable bonds is 3. The van der Waals surface area contributed by atoms with Gasteiger partial charge in [0.1, 0.15) is 11.6 Å². The van der Waals surface area contributed by atoms with Gasteiger partial charge in [-0.1, -0.05) is 0 Å². The summed E-state index contributed by atoms with van der Waals surface area (Å²) in [6, 6.07) is 6.30. The summed E-state index contributed by atoms with van der Waals surface area (Å²) in [4.78, 5) is 20.2. The molecule has 0 bridgehead atoms. The smallest absolute Gasteiger partial charge is 0.223 e. The topological polar surface area (TPSA) is 36.4 Å². The number of halogens is 3. The summed E-state index contributed by atoms with van der Waals surface area (Å²) in [6.45, 7) is 2.02. The van der Waals surface area contributed by atoms with Crippen LogP contribution < -0.4 is 4.90 Å². The molecule has 2 fully saturated rings. The lowest BCUT2D eigenvalue weighted by atomic mass is 9.77. The molecule has 2 aliphatic heterocycles. The summed E-state index contributed by atoms with van der Waals surface area (Å²) in [5, 5.41) is 0. The van der Waals surface area contributed by atoms with Crippen molar-refractivity contribution in [3.05, 3.63) is 59.5 Å². The van der Waals surface area contributed by atoms with Gasteiger partial charge in [0.25, 0.3) is 0 Å². The number of hydrogen-bond acceptors (Lipinski definition) is 3. The van der Waals surface area contributed by atoms with Crippen molar-refractivity contribution in [2.75, 3.05) is 24.5 Å². The zero-order valence-electron chi connectivity index (χ0n) is 14.8. The van der Waals surface area contributed by atoms with Crippen LogP contribution in [-0.2, 0) is 11.3 Å². The number of hydrogen-bond donors (Lipinski definition) is 0. The number of aromatic nitrogens is 1. The van der Waals surface area contributed by atoms with Gasteiger partial charge in [0.15, 0.2) is 11.6 Å². The van der Waals surface area contributed by atoms with Gasteiger partial charge < -0.3 is 9.80 Å². The van der Waals surface area contributed by atoms with E-state index in [2.05, 4.69) is 4.98 Å². The molecule has 1 spiro atoms. The summed E-state index contributed by atoms with van der Waals surface area (Å²) >= 11 is 0. The first-order valence-corrected chi connectivity index (χ1v) is 9.02. The maximum absolute atomic E-state index is 13.9. The van der Waals surface area contributed by atoms with Crippen LogP contribution in [0.5, 0.6) is 0 Å². The normalized spacial score (nSPS) is 19.1. The molecule has 2 aromatic rings. The molecule has 2 aliphatic rings.